The van der Waals surface area contributed by atoms with Gasteiger partial charge in [-0.15, -0.1) is 24.0 Å². The molecule has 88 valence electrons. The minimum atomic E-state index is 1.03. The monoisotopic (exact) mass is 252 g/mol. The highest BCUT2D eigenvalue weighted by Gasteiger charge is 1.91. The fraction of sp³-hybridized carbons (Fsp3) is 0.571. The number of hydrogen-bond donors (Lipinski definition) is 1. The minimum Gasteiger partial charge on any atom is -0.133 e. The molecule has 16 heavy (non-hydrogen) atoms. The zero-order valence-corrected chi connectivity index (χ0v) is 11.7. The Kier molecular flexibility index (Phi) is 7.46. The fourth-order valence-corrected chi connectivity index (χ4v) is 2.53. The van der Waals surface area contributed by atoms with Crippen LogP contribution >= 0.6 is 24.0 Å². The van der Waals surface area contributed by atoms with E-state index in [2.05, 4.69) is 31.4 Å². The molecule has 0 atom stereocenters. The van der Waals surface area contributed by atoms with E-state index in [-0.39, 0.29) is 0 Å². The van der Waals surface area contributed by atoms with Crippen LogP contribution in [-0.2, 0) is 0 Å². The van der Waals surface area contributed by atoms with Crippen molar-refractivity contribution in [1.82, 2.24) is 0 Å². The number of hydrogen-bond acceptors (Lipinski definition) is 2. The average molecular weight is 252 g/mol. The van der Waals surface area contributed by atoms with Crippen molar-refractivity contribution in [3.8, 4) is 11.8 Å². The highest BCUT2D eigenvalue weighted by atomic mass is 32.2. The van der Waals surface area contributed by atoms with Gasteiger partial charge < -0.3 is 0 Å². The third-order valence-corrected chi connectivity index (χ3v) is 3.68. The van der Waals surface area contributed by atoms with Gasteiger partial charge in [-0.25, -0.2) is 0 Å². The van der Waals surface area contributed by atoms with E-state index < -0.39 is 0 Å². The molecule has 0 N–H and O–H groups in total. The lowest BCUT2D eigenvalue weighted by Gasteiger charge is -1.96. The molecule has 1 rings (SSSR count). The van der Waals surface area contributed by atoms with Gasteiger partial charge in [-0.3, -0.25) is 0 Å². The highest BCUT2D eigenvalue weighted by Crippen LogP contribution is 2.18. The van der Waals surface area contributed by atoms with Crippen LogP contribution in [0.5, 0.6) is 0 Å². The summed E-state index contributed by atoms with van der Waals surface area (Å²) < 4.78 is 1.05. The summed E-state index contributed by atoms with van der Waals surface area (Å²) in [6, 6.07) is 4.05. The summed E-state index contributed by atoms with van der Waals surface area (Å²) in [7, 11) is 0. The summed E-state index contributed by atoms with van der Waals surface area (Å²) in [6.45, 7) is 2.25. The number of thiophene rings is 1. The van der Waals surface area contributed by atoms with Crippen LogP contribution < -0.4 is 0 Å². The molecule has 0 unspecified atom stereocenters. The zero-order chi connectivity index (χ0) is 11.6. The molecule has 0 aliphatic heterocycles. The Morgan fingerprint density at radius 2 is 1.88 bits per heavy atom. The molecule has 0 amide bonds. The van der Waals surface area contributed by atoms with Gasteiger partial charge >= 0.3 is 0 Å². The highest BCUT2D eigenvalue weighted by molar-refractivity contribution is 7.82. The summed E-state index contributed by atoms with van der Waals surface area (Å²) in [4.78, 5) is 1.14. The molecular weight excluding hydrogens is 232 g/mol. The number of thiol groups is 1. The van der Waals surface area contributed by atoms with Gasteiger partial charge in [0.1, 0.15) is 0 Å². The Hall–Kier alpha value is -0.390. The van der Waals surface area contributed by atoms with Crippen LogP contribution in [0.1, 0.15) is 56.7 Å². The van der Waals surface area contributed by atoms with E-state index in [1.807, 2.05) is 12.1 Å². The summed E-state index contributed by atoms with van der Waals surface area (Å²) in [5.74, 6) is 6.42. The smallest absolute Gasteiger partial charge is 0.0780 e. The van der Waals surface area contributed by atoms with Gasteiger partial charge in [0.05, 0.1) is 9.09 Å². The predicted octanol–water partition coefficient (Wildman–Crippen LogP) is 5.14. The van der Waals surface area contributed by atoms with E-state index in [1.165, 1.54) is 38.5 Å². The van der Waals surface area contributed by atoms with Crippen molar-refractivity contribution < 1.29 is 0 Å². The van der Waals surface area contributed by atoms with Crippen molar-refractivity contribution in [1.29, 1.82) is 0 Å². The molecule has 0 saturated carbocycles. The lowest BCUT2D eigenvalue weighted by Crippen LogP contribution is -1.77. The van der Waals surface area contributed by atoms with Crippen LogP contribution in [0.2, 0.25) is 0 Å². The Morgan fingerprint density at radius 3 is 2.56 bits per heavy atom. The molecule has 1 heterocycles. The van der Waals surface area contributed by atoms with Crippen molar-refractivity contribution in [2.24, 2.45) is 0 Å². The minimum absolute atomic E-state index is 1.03. The van der Waals surface area contributed by atoms with Crippen LogP contribution in [0.3, 0.4) is 0 Å². The first-order valence-corrected chi connectivity index (χ1v) is 7.37. The first-order chi connectivity index (χ1) is 7.83. The summed E-state index contributed by atoms with van der Waals surface area (Å²) in [5, 5.41) is 0. The van der Waals surface area contributed by atoms with E-state index >= 15 is 0 Å². The Balaban J connectivity index is 2.05. The molecule has 0 spiro atoms. The van der Waals surface area contributed by atoms with Gasteiger partial charge in [0.2, 0.25) is 0 Å². The fourth-order valence-electron chi connectivity index (χ4n) is 1.54. The maximum atomic E-state index is 4.27. The van der Waals surface area contributed by atoms with Crippen molar-refractivity contribution in [3.05, 3.63) is 17.0 Å². The largest absolute Gasteiger partial charge is 0.133 e. The van der Waals surface area contributed by atoms with E-state index in [1.54, 1.807) is 11.3 Å². The molecule has 0 aliphatic carbocycles. The van der Waals surface area contributed by atoms with Crippen molar-refractivity contribution in [2.75, 3.05) is 0 Å². The molecule has 0 nitrogen and oxygen atoms in total. The zero-order valence-electron chi connectivity index (χ0n) is 9.96. The van der Waals surface area contributed by atoms with Crippen LogP contribution in [0, 0.1) is 11.8 Å². The van der Waals surface area contributed by atoms with E-state index in [0.717, 1.165) is 15.5 Å². The normalized spacial score (nSPS) is 9.88. The maximum Gasteiger partial charge on any atom is 0.0780 e. The van der Waals surface area contributed by atoms with Gasteiger partial charge in [0.15, 0.2) is 0 Å². The van der Waals surface area contributed by atoms with Crippen LogP contribution in [-0.4, -0.2) is 0 Å². The Labute approximate surface area is 109 Å². The molecule has 1 aromatic heterocycles. The van der Waals surface area contributed by atoms with Crippen molar-refractivity contribution in [3.63, 3.8) is 0 Å². The molecule has 0 bridgehead atoms. The molecule has 0 aromatic carbocycles. The molecule has 2 heteroatoms. The van der Waals surface area contributed by atoms with E-state index in [9.17, 15) is 0 Å². The lowest BCUT2D eigenvalue weighted by molar-refractivity contribution is 0.614. The molecule has 0 aliphatic rings. The van der Waals surface area contributed by atoms with Gasteiger partial charge in [-0.1, -0.05) is 50.9 Å². The van der Waals surface area contributed by atoms with Crippen LogP contribution in [0.15, 0.2) is 16.3 Å². The molecule has 1 aromatic rings. The molecular formula is C14H20S2. The quantitative estimate of drug-likeness (QED) is 0.404. The number of rotatable bonds is 6. The second kappa shape index (κ2) is 8.73. The second-order valence-corrected chi connectivity index (χ2v) is 5.83. The standard InChI is InChI=1S/C14H20S2/c1-2-3-4-5-6-7-8-9-10-13-11-12-14(15)16-13/h11-12,15H,2-8H2,1H3. The van der Waals surface area contributed by atoms with Gasteiger partial charge in [-0.2, -0.15) is 0 Å². The van der Waals surface area contributed by atoms with Gasteiger partial charge in [-0.05, 0) is 18.6 Å². The first kappa shape index (κ1) is 13.7. The van der Waals surface area contributed by atoms with E-state index in [0.29, 0.717) is 0 Å². The summed E-state index contributed by atoms with van der Waals surface area (Å²) >= 11 is 5.92. The Morgan fingerprint density at radius 1 is 1.12 bits per heavy atom. The second-order valence-electron chi connectivity index (χ2n) is 3.96. The van der Waals surface area contributed by atoms with Crippen molar-refractivity contribution >= 4 is 24.0 Å². The average Bonchev–Trinajstić information content (AvgIpc) is 2.68. The molecule has 0 saturated heterocycles. The molecule has 0 radical (unpaired) electrons. The van der Waals surface area contributed by atoms with Gasteiger partial charge in [0.25, 0.3) is 0 Å². The lowest BCUT2D eigenvalue weighted by atomic mass is 10.1. The molecule has 0 fully saturated rings. The number of unbranched alkanes of at least 4 members (excludes halogenated alkanes) is 6. The maximum absolute atomic E-state index is 4.27. The van der Waals surface area contributed by atoms with Crippen molar-refractivity contribution in [2.45, 2.75) is 56.1 Å². The van der Waals surface area contributed by atoms with Crippen LogP contribution in [0.25, 0.3) is 0 Å². The predicted molar refractivity (Wildman–Crippen MR) is 76.4 cm³/mol. The third kappa shape index (κ3) is 6.25. The third-order valence-electron chi connectivity index (χ3n) is 2.46. The SMILES string of the molecule is CCCCCCCCC#Cc1ccc(S)s1. The van der Waals surface area contributed by atoms with E-state index in [4.69, 9.17) is 0 Å². The summed E-state index contributed by atoms with van der Waals surface area (Å²) in [5.41, 5.74) is 0. The Bertz CT molecular complexity index is 341. The topological polar surface area (TPSA) is 0 Å². The van der Waals surface area contributed by atoms with Gasteiger partial charge in [0, 0.05) is 6.42 Å². The van der Waals surface area contributed by atoms with Crippen LogP contribution in [0.4, 0.5) is 0 Å². The summed E-state index contributed by atoms with van der Waals surface area (Å²) in [6.07, 6.45) is 9.07. The first-order valence-electron chi connectivity index (χ1n) is 6.10.